The minimum absolute atomic E-state index is 0.427. The zero-order valence-electron chi connectivity index (χ0n) is 11.5. The molecule has 0 aromatic carbocycles. The fourth-order valence-corrected chi connectivity index (χ4v) is 2.74. The maximum Gasteiger partial charge on any atom is 0.126 e. The molecule has 2 atom stereocenters. The maximum absolute atomic E-state index is 4.58. The van der Waals surface area contributed by atoms with E-state index in [2.05, 4.69) is 48.8 Å². The van der Waals surface area contributed by atoms with Crippen molar-refractivity contribution in [1.29, 1.82) is 0 Å². The minimum Gasteiger partial charge on any atom is -0.334 e. The molecule has 96 valence electrons. The summed E-state index contributed by atoms with van der Waals surface area (Å²) in [4.78, 5) is 4.58. The lowest BCUT2D eigenvalue weighted by molar-refractivity contribution is 0.393. The molecule has 2 rings (SSSR count). The molecular weight excluding hydrogens is 210 g/mol. The highest BCUT2D eigenvalue weighted by Crippen LogP contribution is 2.57. The molecule has 1 fully saturated rings. The molecule has 0 amide bonds. The number of aryl methyl sites for hydroxylation is 1. The summed E-state index contributed by atoms with van der Waals surface area (Å²) >= 11 is 0. The standard InChI is InChI=1S/C14H25N3/c1-5-8-17-9-7-16-13(17)12(15-6-2)11-10-14(11,3)4/h7,9,11-12,15H,5-6,8,10H2,1-4H3. The van der Waals surface area contributed by atoms with Crippen molar-refractivity contribution in [1.82, 2.24) is 14.9 Å². The van der Waals surface area contributed by atoms with Crippen LogP contribution in [-0.4, -0.2) is 16.1 Å². The van der Waals surface area contributed by atoms with Crippen LogP contribution in [0.25, 0.3) is 0 Å². The SMILES string of the molecule is CCCn1ccnc1C(NCC)C1CC1(C)C. The number of nitrogens with one attached hydrogen (secondary N) is 1. The normalized spacial score (nSPS) is 23.6. The van der Waals surface area contributed by atoms with Gasteiger partial charge in [-0.15, -0.1) is 0 Å². The zero-order valence-corrected chi connectivity index (χ0v) is 11.5. The van der Waals surface area contributed by atoms with Gasteiger partial charge in [-0.25, -0.2) is 4.98 Å². The van der Waals surface area contributed by atoms with Gasteiger partial charge in [-0.2, -0.15) is 0 Å². The highest BCUT2D eigenvalue weighted by atomic mass is 15.1. The van der Waals surface area contributed by atoms with Crippen molar-refractivity contribution >= 4 is 0 Å². The third kappa shape index (κ3) is 2.54. The Labute approximate surface area is 105 Å². The average molecular weight is 235 g/mol. The van der Waals surface area contributed by atoms with E-state index in [9.17, 15) is 0 Å². The van der Waals surface area contributed by atoms with Crippen LogP contribution in [0.2, 0.25) is 0 Å². The van der Waals surface area contributed by atoms with Crippen LogP contribution in [-0.2, 0) is 6.54 Å². The molecule has 1 aromatic heterocycles. The quantitative estimate of drug-likeness (QED) is 0.821. The molecule has 0 saturated heterocycles. The summed E-state index contributed by atoms with van der Waals surface area (Å²) in [7, 11) is 0. The largest absolute Gasteiger partial charge is 0.334 e. The second kappa shape index (κ2) is 4.81. The maximum atomic E-state index is 4.58. The Morgan fingerprint density at radius 1 is 1.53 bits per heavy atom. The molecule has 0 spiro atoms. The number of aromatic nitrogens is 2. The Morgan fingerprint density at radius 2 is 2.24 bits per heavy atom. The van der Waals surface area contributed by atoms with E-state index in [1.54, 1.807) is 0 Å². The van der Waals surface area contributed by atoms with Crippen molar-refractivity contribution in [2.24, 2.45) is 11.3 Å². The predicted molar refractivity (Wildman–Crippen MR) is 70.8 cm³/mol. The van der Waals surface area contributed by atoms with Gasteiger partial charge in [0.05, 0.1) is 6.04 Å². The number of rotatable bonds is 6. The Hall–Kier alpha value is -0.830. The molecule has 1 aliphatic carbocycles. The molecule has 1 N–H and O–H groups in total. The Bertz CT molecular complexity index is 367. The van der Waals surface area contributed by atoms with Crippen molar-refractivity contribution in [3.05, 3.63) is 18.2 Å². The number of nitrogens with zero attached hydrogens (tertiary/aromatic N) is 2. The van der Waals surface area contributed by atoms with Crippen LogP contribution in [0.5, 0.6) is 0 Å². The topological polar surface area (TPSA) is 29.9 Å². The second-order valence-corrected chi connectivity index (χ2v) is 5.81. The summed E-state index contributed by atoms with van der Waals surface area (Å²) in [5.74, 6) is 1.96. The molecule has 17 heavy (non-hydrogen) atoms. The van der Waals surface area contributed by atoms with E-state index in [0.717, 1.165) is 25.4 Å². The van der Waals surface area contributed by atoms with Gasteiger partial charge >= 0.3 is 0 Å². The molecular formula is C14H25N3. The van der Waals surface area contributed by atoms with Gasteiger partial charge in [-0.3, -0.25) is 0 Å². The summed E-state index contributed by atoms with van der Waals surface area (Å²) in [5.41, 5.74) is 0.482. The smallest absolute Gasteiger partial charge is 0.126 e. The van der Waals surface area contributed by atoms with E-state index in [1.165, 1.54) is 12.2 Å². The highest BCUT2D eigenvalue weighted by Gasteiger charge is 2.51. The van der Waals surface area contributed by atoms with Crippen molar-refractivity contribution < 1.29 is 0 Å². The molecule has 0 aliphatic heterocycles. The van der Waals surface area contributed by atoms with E-state index in [4.69, 9.17) is 0 Å². The van der Waals surface area contributed by atoms with Crippen LogP contribution in [0.1, 0.15) is 52.4 Å². The summed E-state index contributed by atoms with van der Waals surface area (Å²) in [5, 5.41) is 3.62. The van der Waals surface area contributed by atoms with Gasteiger partial charge in [-0.05, 0) is 30.7 Å². The first kappa shape index (κ1) is 12.6. The van der Waals surface area contributed by atoms with Crippen LogP contribution < -0.4 is 5.32 Å². The van der Waals surface area contributed by atoms with E-state index >= 15 is 0 Å². The molecule has 0 bridgehead atoms. The predicted octanol–water partition coefficient (Wildman–Crippen LogP) is 2.99. The van der Waals surface area contributed by atoms with Crippen LogP contribution in [0.4, 0.5) is 0 Å². The van der Waals surface area contributed by atoms with Crippen molar-refractivity contribution in [2.75, 3.05) is 6.54 Å². The summed E-state index contributed by atoms with van der Waals surface area (Å²) in [6.07, 6.45) is 6.52. The highest BCUT2D eigenvalue weighted by molar-refractivity contribution is 5.11. The van der Waals surface area contributed by atoms with E-state index in [-0.39, 0.29) is 0 Å². The number of hydrogen-bond acceptors (Lipinski definition) is 2. The van der Waals surface area contributed by atoms with Gasteiger partial charge in [0.2, 0.25) is 0 Å². The lowest BCUT2D eigenvalue weighted by atomic mass is 10.0. The second-order valence-electron chi connectivity index (χ2n) is 5.81. The molecule has 3 nitrogen and oxygen atoms in total. The van der Waals surface area contributed by atoms with Crippen LogP contribution in [0.3, 0.4) is 0 Å². The average Bonchev–Trinajstić information content (AvgIpc) is 2.72. The van der Waals surface area contributed by atoms with Gasteiger partial charge < -0.3 is 9.88 Å². The minimum atomic E-state index is 0.427. The van der Waals surface area contributed by atoms with Crippen LogP contribution in [0.15, 0.2) is 12.4 Å². The van der Waals surface area contributed by atoms with Gasteiger partial charge in [-0.1, -0.05) is 27.7 Å². The van der Waals surface area contributed by atoms with Gasteiger partial charge in [0.15, 0.2) is 0 Å². The Balaban J connectivity index is 2.18. The van der Waals surface area contributed by atoms with E-state index in [1.807, 2.05) is 6.20 Å². The third-order valence-electron chi connectivity index (χ3n) is 3.91. The van der Waals surface area contributed by atoms with E-state index < -0.39 is 0 Å². The first-order chi connectivity index (χ1) is 8.10. The van der Waals surface area contributed by atoms with Gasteiger partial charge in [0, 0.05) is 18.9 Å². The van der Waals surface area contributed by atoms with Gasteiger partial charge in [0.1, 0.15) is 5.82 Å². The van der Waals surface area contributed by atoms with Crippen molar-refractivity contribution in [3.8, 4) is 0 Å². The van der Waals surface area contributed by atoms with Crippen molar-refractivity contribution in [3.63, 3.8) is 0 Å². The molecule has 1 aromatic rings. The molecule has 1 heterocycles. The van der Waals surface area contributed by atoms with E-state index in [0.29, 0.717) is 11.5 Å². The summed E-state index contributed by atoms with van der Waals surface area (Å²) < 4.78 is 2.31. The number of hydrogen-bond donors (Lipinski definition) is 1. The summed E-state index contributed by atoms with van der Waals surface area (Å²) in [6, 6.07) is 0.427. The Morgan fingerprint density at radius 3 is 2.76 bits per heavy atom. The Kier molecular flexibility index (Phi) is 3.57. The van der Waals surface area contributed by atoms with Crippen LogP contribution in [0, 0.1) is 11.3 Å². The first-order valence-electron chi connectivity index (χ1n) is 6.84. The fraction of sp³-hybridized carbons (Fsp3) is 0.786. The zero-order chi connectivity index (χ0) is 12.5. The summed E-state index contributed by atoms with van der Waals surface area (Å²) in [6.45, 7) is 11.2. The third-order valence-corrected chi connectivity index (χ3v) is 3.91. The lowest BCUT2D eigenvalue weighted by Crippen LogP contribution is -2.27. The molecule has 1 saturated carbocycles. The molecule has 1 aliphatic rings. The van der Waals surface area contributed by atoms with Gasteiger partial charge in [0.25, 0.3) is 0 Å². The first-order valence-corrected chi connectivity index (χ1v) is 6.84. The molecule has 2 unspecified atom stereocenters. The molecule has 3 heteroatoms. The monoisotopic (exact) mass is 235 g/mol. The number of imidazole rings is 1. The van der Waals surface area contributed by atoms with Crippen LogP contribution >= 0.6 is 0 Å². The van der Waals surface area contributed by atoms with Crippen molar-refractivity contribution in [2.45, 2.75) is 53.1 Å². The lowest BCUT2D eigenvalue weighted by Gasteiger charge is -2.20. The molecule has 0 radical (unpaired) electrons. The fourth-order valence-electron chi connectivity index (χ4n) is 2.74.